The third-order valence-corrected chi connectivity index (χ3v) is 9.37. The predicted octanol–water partition coefficient (Wildman–Crippen LogP) is -0.350. The van der Waals surface area contributed by atoms with Gasteiger partial charge in [0, 0.05) is 29.6 Å². The number of nitrogens with two attached hydrogens (primary N) is 2. The molecule has 2 fully saturated rings. The molecule has 214 valence electrons. The topological polar surface area (TPSA) is 230 Å². The summed E-state index contributed by atoms with van der Waals surface area (Å²) in [7, 11) is 0. The maximum absolute atomic E-state index is 13.2. The highest BCUT2D eigenvalue weighted by Gasteiger charge is 2.54. The molecule has 2 amide bonds. The van der Waals surface area contributed by atoms with Crippen molar-refractivity contribution in [3.63, 3.8) is 0 Å². The quantitative estimate of drug-likeness (QED) is 0.104. The third-order valence-electron chi connectivity index (χ3n) is 6.45. The number of carboxylic acid groups (broad SMARTS) is 1. The summed E-state index contributed by atoms with van der Waals surface area (Å²) < 4.78 is 5.68. The predicted molar refractivity (Wildman–Crippen MR) is 146 cm³/mol. The SMILES string of the molecule is NCCCn1nnnc1SCC1=C(C(=O)O)N2C(=O)C(NC(=O)C(=NOC3CCCC3)c3nsc(N)n3)[C@H]2SC1. The van der Waals surface area contributed by atoms with Crippen LogP contribution in [0.3, 0.4) is 0 Å². The molecule has 2 aromatic heterocycles. The van der Waals surface area contributed by atoms with Gasteiger partial charge in [-0.15, -0.1) is 16.9 Å². The number of hydrogen-bond donors (Lipinski definition) is 4. The molecule has 0 radical (unpaired) electrons. The van der Waals surface area contributed by atoms with Gasteiger partial charge in [-0.25, -0.2) is 9.48 Å². The first-order valence-corrected chi connectivity index (χ1v) is 15.3. The Labute approximate surface area is 240 Å². The minimum atomic E-state index is -1.23. The first-order chi connectivity index (χ1) is 19.4. The lowest BCUT2D eigenvalue weighted by Crippen LogP contribution is -2.71. The van der Waals surface area contributed by atoms with Gasteiger partial charge in [0.25, 0.3) is 11.8 Å². The highest BCUT2D eigenvalue weighted by atomic mass is 32.2. The molecule has 1 aliphatic carbocycles. The molecule has 0 bridgehead atoms. The van der Waals surface area contributed by atoms with Crippen LogP contribution in [0.1, 0.15) is 37.9 Å². The molecule has 6 N–H and O–H groups in total. The van der Waals surface area contributed by atoms with Crippen molar-refractivity contribution >= 4 is 63.7 Å². The van der Waals surface area contributed by atoms with Gasteiger partial charge in [-0.3, -0.25) is 14.5 Å². The van der Waals surface area contributed by atoms with Crippen molar-refractivity contribution in [1.29, 1.82) is 0 Å². The van der Waals surface area contributed by atoms with Crippen LogP contribution in [-0.4, -0.2) is 98.6 Å². The van der Waals surface area contributed by atoms with Crippen LogP contribution in [0.2, 0.25) is 0 Å². The van der Waals surface area contributed by atoms with Gasteiger partial charge in [0.15, 0.2) is 5.13 Å². The first kappa shape index (κ1) is 28.2. The van der Waals surface area contributed by atoms with E-state index in [2.05, 4.69) is 35.4 Å². The fraction of sp³-hybridized carbons (Fsp3) is 0.571. The lowest BCUT2D eigenvalue weighted by atomic mass is 10.0. The van der Waals surface area contributed by atoms with E-state index in [-0.39, 0.29) is 34.2 Å². The molecular weight excluding hydrogens is 583 g/mol. The Morgan fingerprint density at radius 2 is 2.10 bits per heavy atom. The smallest absolute Gasteiger partial charge is 0.352 e. The summed E-state index contributed by atoms with van der Waals surface area (Å²) in [5.74, 6) is -1.86. The number of carbonyl (C=O) groups is 3. The van der Waals surface area contributed by atoms with Crippen molar-refractivity contribution in [3.8, 4) is 0 Å². The number of nitrogen functional groups attached to an aromatic ring is 1. The van der Waals surface area contributed by atoms with Gasteiger partial charge in [0.1, 0.15) is 23.2 Å². The molecule has 19 heteroatoms. The highest BCUT2D eigenvalue weighted by molar-refractivity contribution is 8.01. The van der Waals surface area contributed by atoms with E-state index in [4.69, 9.17) is 16.3 Å². The Morgan fingerprint density at radius 3 is 2.80 bits per heavy atom. The number of rotatable bonds is 12. The van der Waals surface area contributed by atoms with E-state index < -0.39 is 29.2 Å². The first-order valence-electron chi connectivity index (χ1n) is 12.5. The number of amides is 2. The monoisotopic (exact) mass is 609 g/mol. The number of aromatic nitrogens is 6. The highest BCUT2D eigenvalue weighted by Crippen LogP contribution is 2.41. The zero-order valence-electron chi connectivity index (χ0n) is 21.1. The molecule has 2 aliphatic heterocycles. The average molecular weight is 610 g/mol. The molecule has 0 spiro atoms. The van der Waals surface area contributed by atoms with Crippen LogP contribution in [0.25, 0.3) is 0 Å². The number of aryl methyl sites for hydroxylation is 1. The summed E-state index contributed by atoms with van der Waals surface area (Å²) in [6.07, 6.45) is 4.26. The van der Waals surface area contributed by atoms with Crippen LogP contribution >= 0.6 is 35.1 Å². The summed E-state index contributed by atoms with van der Waals surface area (Å²) >= 11 is 3.55. The molecule has 0 aromatic carbocycles. The molecule has 1 saturated carbocycles. The maximum Gasteiger partial charge on any atom is 0.352 e. The number of anilines is 1. The average Bonchev–Trinajstić information content (AvgIpc) is 3.71. The molecule has 1 saturated heterocycles. The largest absolute Gasteiger partial charge is 0.477 e. The van der Waals surface area contributed by atoms with Gasteiger partial charge < -0.3 is 26.7 Å². The van der Waals surface area contributed by atoms with E-state index in [0.29, 0.717) is 36.0 Å². The van der Waals surface area contributed by atoms with E-state index in [1.165, 1.54) is 28.4 Å². The Hall–Kier alpha value is -3.29. The van der Waals surface area contributed by atoms with E-state index in [9.17, 15) is 19.5 Å². The number of nitrogens with zero attached hydrogens (tertiary/aromatic N) is 8. The minimum absolute atomic E-state index is 0.00263. The number of carboxylic acids is 1. The number of tetrazole rings is 1. The molecule has 40 heavy (non-hydrogen) atoms. The number of aliphatic carboxylic acids is 1. The fourth-order valence-electron chi connectivity index (χ4n) is 4.47. The van der Waals surface area contributed by atoms with Crippen molar-refractivity contribution in [3.05, 3.63) is 17.1 Å². The van der Waals surface area contributed by atoms with Gasteiger partial charge >= 0.3 is 5.97 Å². The van der Waals surface area contributed by atoms with Gasteiger partial charge in [-0.05, 0) is 54.6 Å². The van der Waals surface area contributed by atoms with Gasteiger partial charge in [-0.2, -0.15) is 9.36 Å². The molecule has 5 rings (SSSR count). The summed E-state index contributed by atoms with van der Waals surface area (Å²) in [6.45, 7) is 1.03. The molecule has 2 atom stereocenters. The van der Waals surface area contributed by atoms with Crippen LogP contribution in [0, 0.1) is 0 Å². The van der Waals surface area contributed by atoms with Crippen molar-refractivity contribution in [1.82, 2.24) is 39.8 Å². The third kappa shape index (κ3) is 5.91. The lowest BCUT2D eigenvalue weighted by molar-refractivity contribution is -0.150. The van der Waals surface area contributed by atoms with Crippen molar-refractivity contribution < 1.29 is 24.3 Å². The molecule has 2 aromatic rings. The van der Waals surface area contributed by atoms with Crippen LogP contribution < -0.4 is 16.8 Å². The second-order valence-electron chi connectivity index (χ2n) is 9.14. The molecule has 3 aliphatic rings. The second-order valence-corrected chi connectivity index (χ2v) is 12.0. The van der Waals surface area contributed by atoms with Gasteiger partial charge in [0.2, 0.25) is 16.7 Å². The second kappa shape index (κ2) is 12.5. The number of carbonyl (C=O) groups excluding carboxylic acids is 2. The number of thioether (sulfide) groups is 2. The van der Waals surface area contributed by atoms with Gasteiger partial charge in [0.05, 0.1) is 0 Å². The summed E-state index contributed by atoms with van der Waals surface area (Å²) in [5, 5.41) is 28.4. The molecule has 1 unspecified atom stereocenters. The Morgan fingerprint density at radius 1 is 1.30 bits per heavy atom. The van der Waals surface area contributed by atoms with Crippen molar-refractivity contribution in [2.45, 2.75) is 61.3 Å². The van der Waals surface area contributed by atoms with Crippen LogP contribution in [0.5, 0.6) is 0 Å². The van der Waals surface area contributed by atoms with Crippen LogP contribution in [-0.2, 0) is 25.8 Å². The molecule has 16 nitrogen and oxygen atoms in total. The number of nitrogens with one attached hydrogen (secondary N) is 1. The normalized spacial score (nSPS) is 21.4. The molecule has 4 heterocycles. The van der Waals surface area contributed by atoms with E-state index in [0.717, 1.165) is 37.2 Å². The summed E-state index contributed by atoms with van der Waals surface area (Å²) in [5.41, 5.74) is 11.5. The van der Waals surface area contributed by atoms with Gasteiger partial charge in [-0.1, -0.05) is 16.9 Å². The lowest BCUT2D eigenvalue weighted by Gasteiger charge is -2.49. The fourth-order valence-corrected chi connectivity index (χ4v) is 7.30. The Bertz CT molecular complexity index is 1340. The zero-order chi connectivity index (χ0) is 28.2. The number of hydrogen-bond acceptors (Lipinski definition) is 15. The summed E-state index contributed by atoms with van der Waals surface area (Å²) in [4.78, 5) is 49.4. The number of fused-ring (bicyclic) bond motifs is 1. The van der Waals surface area contributed by atoms with E-state index >= 15 is 0 Å². The Balaban J connectivity index is 1.28. The van der Waals surface area contributed by atoms with Crippen molar-refractivity contribution in [2.24, 2.45) is 10.9 Å². The Kier molecular flexibility index (Phi) is 8.81. The van der Waals surface area contributed by atoms with Crippen molar-refractivity contribution in [2.75, 3.05) is 23.8 Å². The standard InChI is InChI=1S/C21H27N11O5S3/c22-6-3-7-31-21(26-29-30-31)39-9-10-8-38-18-13(17(34)32(18)14(10)19(35)36)24-16(33)12(15-25-20(23)40-28-15)27-37-11-4-1-2-5-11/h11,13,18H,1-9,22H2,(H,24,33)(H,35,36)(H2,23,25,28)/t13?,18-/m1/s1. The van der Waals surface area contributed by atoms with E-state index in [1.807, 2.05) is 0 Å². The van der Waals surface area contributed by atoms with E-state index in [1.54, 1.807) is 4.68 Å². The minimum Gasteiger partial charge on any atom is -0.477 e. The van der Waals surface area contributed by atoms with Crippen LogP contribution in [0.15, 0.2) is 21.6 Å². The van der Waals surface area contributed by atoms with Crippen LogP contribution in [0.4, 0.5) is 5.13 Å². The summed E-state index contributed by atoms with van der Waals surface area (Å²) in [6, 6.07) is -0.961. The zero-order valence-corrected chi connectivity index (χ0v) is 23.6. The maximum atomic E-state index is 13.2. The number of β-lactam (4-membered cyclic amide) rings is 1. The molecular formula is C21H27N11O5S3. The number of oxime groups is 1.